The van der Waals surface area contributed by atoms with Crippen LogP contribution in [0.25, 0.3) is 0 Å². The Hall–Kier alpha value is -1.35. The quantitative estimate of drug-likeness (QED) is 0.835. The average Bonchev–Trinajstić information content (AvgIpc) is 2.88. The van der Waals surface area contributed by atoms with Gasteiger partial charge in [0.05, 0.1) is 16.4 Å². The normalized spacial score (nSPS) is 17.1. The Balaban J connectivity index is 1.97. The molecule has 5 heteroatoms. The van der Waals surface area contributed by atoms with Gasteiger partial charge in [-0.1, -0.05) is 11.8 Å². The van der Waals surface area contributed by atoms with Crippen LogP contribution in [0.5, 0.6) is 0 Å². The summed E-state index contributed by atoms with van der Waals surface area (Å²) >= 11 is 1.38. The molecule has 2 heterocycles. The van der Waals surface area contributed by atoms with Crippen LogP contribution in [0.2, 0.25) is 0 Å². The van der Waals surface area contributed by atoms with Crippen LogP contribution in [-0.2, 0) is 4.74 Å². The van der Waals surface area contributed by atoms with Gasteiger partial charge in [-0.15, -0.1) is 11.3 Å². The van der Waals surface area contributed by atoms with Gasteiger partial charge in [0.2, 0.25) is 0 Å². The molecule has 0 atom stereocenters. The lowest BCUT2D eigenvalue weighted by Crippen LogP contribution is -2.49. The van der Waals surface area contributed by atoms with Gasteiger partial charge >= 0.3 is 0 Å². The van der Waals surface area contributed by atoms with Crippen molar-refractivity contribution >= 4 is 17.2 Å². The van der Waals surface area contributed by atoms with Crippen LogP contribution < -0.4 is 5.32 Å². The van der Waals surface area contributed by atoms with E-state index in [2.05, 4.69) is 24.1 Å². The second-order valence-corrected chi connectivity index (χ2v) is 6.15. The average molecular weight is 293 g/mol. The summed E-state index contributed by atoms with van der Waals surface area (Å²) in [5.41, 5.74) is -0.179. The van der Waals surface area contributed by atoms with Crippen molar-refractivity contribution in [2.45, 2.75) is 31.7 Å². The van der Waals surface area contributed by atoms with Crippen molar-refractivity contribution in [2.24, 2.45) is 0 Å². The first-order valence-electron chi connectivity index (χ1n) is 6.73. The zero-order valence-corrected chi connectivity index (χ0v) is 12.4. The Labute approximate surface area is 123 Å². The smallest absolute Gasteiger partial charge is 0.261 e. The maximum absolute atomic E-state index is 12.2. The number of aliphatic hydroxyl groups excluding tert-OH is 1. The van der Waals surface area contributed by atoms with E-state index in [9.17, 15) is 4.79 Å². The fourth-order valence-corrected chi connectivity index (χ4v) is 2.79. The van der Waals surface area contributed by atoms with Gasteiger partial charge in [-0.2, -0.15) is 0 Å². The van der Waals surface area contributed by atoms with Crippen LogP contribution in [0, 0.1) is 11.8 Å². The number of amides is 1. The second-order valence-electron chi connectivity index (χ2n) is 5.07. The van der Waals surface area contributed by atoms with Gasteiger partial charge in [0.25, 0.3) is 5.91 Å². The number of hydrogen-bond donors (Lipinski definition) is 2. The third-order valence-corrected chi connectivity index (χ3v) is 4.29. The van der Waals surface area contributed by atoms with Crippen LogP contribution in [-0.4, -0.2) is 36.4 Å². The zero-order chi connectivity index (χ0) is 14.4. The van der Waals surface area contributed by atoms with Gasteiger partial charge in [-0.05, 0) is 31.9 Å². The van der Waals surface area contributed by atoms with E-state index in [1.165, 1.54) is 11.3 Å². The predicted molar refractivity (Wildman–Crippen MR) is 78.8 cm³/mol. The summed E-state index contributed by atoms with van der Waals surface area (Å²) in [6.45, 7) is 3.51. The van der Waals surface area contributed by atoms with Gasteiger partial charge in [-0.3, -0.25) is 4.79 Å². The van der Waals surface area contributed by atoms with Crippen LogP contribution in [0.3, 0.4) is 0 Å². The number of nitrogens with one attached hydrogen (secondary N) is 1. The maximum atomic E-state index is 12.2. The molecule has 0 radical (unpaired) electrons. The van der Waals surface area contributed by atoms with Crippen LogP contribution in [0.4, 0.5) is 0 Å². The molecule has 0 saturated carbocycles. The van der Waals surface area contributed by atoms with Gasteiger partial charge in [0, 0.05) is 25.2 Å². The third kappa shape index (κ3) is 4.07. The summed E-state index contributed by atoms with van der Waals surface area (Å²) in [5, 5.41) is 11.8. The first kappa shape index (κ1) is 15.0. The van der Waals surface area contributed by atoms with Gasteiger partial charge < -0.3 is 15.2 Å². The fourth-order valence-electron chi connectivity index (χ4n) is 2.02. The standard InChI is InChI=1S/C15H19NO3S/c1-15(7-10-19-11-8-15)16-14(18)13-6-5-12(20-13)4-2-3-9-17/h5-6,17H,3,7-11H2,1H3,(H,16,18). The number of thiophene rings is 1. The molecule has 108 valence electrons. The molecule has 2 N–H and O–H groups in total. The van der Waals surface area contributed by atoms with E-state index in [4.69, 9.17) is 9.84 Å². The summed E-state index contributed by atoms with van der Waals surface area (Å²) in [6, 6.07) is 3.64. The lowest BCUT2D eigenvalue weighted by atomic mass is 9.92. The monoisotopic (exact) mass is 293 g/mol. The Morgan fingerprint density at radius 3 is 2.95 bits per heavy atom. The Kier molecular flexibility index (Phi) is 5.18. The first-order valence-corrected chi connectivity index (χ1v) is 7.54. The SMILES string of the molecule is CC1(NC(=O)c2ccc(C#CCCO)s2)CCOCC1. The molecule has 1 amide bonds. The molecule has 2 rings (SSSR count). The van der Waals surface area contributed by atoms with Crippen LogP contribution in [0.15, 0.2) is 12.1 Å². The minimum Gasteiger partial charge on any atom is -0.395 e. The molecule has 0 spiro atoms. The van der Waals surface area contributed by atoms with E-state index in [0.717, 1.165) is 17.7 Å². The summed E-state index contributed by atoms with van der Waals surface area (Å²) in [4.78, 5) is 13.8. The van der Waals surface area contributed by atoms with Crippen molar-refractivity contribution < 1.29 is 14.6 Å². The van der Waals surface area contributed by atoms with Crippen molar-refractivity contribution in [1.29, 1.82) is 0 Å². The van der Waals surface area contributed by atoms with E-state index in [1.807, 2.05) is 6.07 Å². The molecular weight excluding hydrogens is 274 g/mol. The Morgan fingerprint density at radius 2 is 2.25 bits per heavy atom. The van der Waals surface area contributed by atoms with Gasteiger partial charge in [0.1, 0.15) is 0 Å². The van der Waals surface area contributed by atoms with E-state index < -0.39 is 0 Å². The molecule has 0 aromatic carbocycles. The van der Waals surface area contributed by atoms with Gasteiger partial charge in [0.15, 0.2) is 0 Å². The van der Waals surface area contributed by atoms with Crippen molar-refractivity contribution in [3.8, 4) is 11.8 Å². The molecule has 0 bridgehead atoms. The molecule has 1 aliphatic rings. The van der Waals surface area contributed by atoms with E-state index >= 15 is 0 Å². The highest BCUT2D eigenvalue weighted by atomic mass is 32.1. The van der Waals surface area contributed by atoms with Crippen LogP contribution >= 0.6 is 11.3 Å². The Bertz CT molecular complexity index is 521. The highest BCUT2D eigenvalue weighted by Crippen LogP contribution is 2.22. The molecule has 1 aromatic rings. The number of aliphatic hydroxyl groups is 1. The van der Waals surface area contributed by atoms with E-state index in [-0.39, 0.29) is 18.1 Å². The second kappa shape index (κ2) is 6.89. The largest absolute Gasteiger partial charge is 0.395 e. The van der Waals surface area contributed by atoms with Crippen molar-refractivity contribution in [2.75, 3.05) is 19.8 Å². The minimum atomic E-state index is -0.179. The summed E-state index contributed by atoms with van der Waals surface area (Å²) in [5.74, 6) is 5.75. The minimum absolute atomic E-state index is 0.0467. The summed E-state index contributed by atoms with van der Waals surface area (Å²) in [7, 11) is 0. The number of hydrogen-bond acceptors (Lipinski definition) is 4. The summed E-state index contributed by atoms with van der Waals surface area (Å²) < 4.78 is 5.32. The third-order valence-electron chi connectivity index (χ3n) is 3.29. The Morgan fingerprint density at radius 1 is 1.50 bits per heavy atom. The molecule has 1 fully saturated rings. The number of ether oxygens (including phenoxy) is 1. The molecule has 20 heavy (non-hydrogen) atoms. The zero-order valence-electron chi connectivity index (χ0n) is 11.6. The summed E-state index contributed by atoms with van der Waals surface area (Å²) in [6.07, 6.45) is 2.14. The topological polar surface area (TPSA) is 58.6 Å². The van der Waals surface area contributed by atoms with Crippen molar-refractivity contribution in [3.05, 3.63) is 21.9 Å². The molecule has 0 aliphatic carbocycles. The first-order chi connectivity index (χ1) is 9.63. The van der Waals surface area contributed by atoms with E-state index in [0.29, 0.717) is 24.5 Å². The highest BCUT2D eigenvalue weighted by molar-refractivity contribution is 7.14. The van der Waals surface area contributed by atoms with Gasteiger partial charge in [-0.25, -0.2) is 0 Å². The number of carbonyl (C=O) groups is 1. The molecule has 4 nitrogen and oxygen atoms in total. The maximum Gasteiger partial charge on any atom is 0.261 e. The van der Waals surface area contributed by atoms with Crippen LogP contribution in [0.1, 0.15) is 40.7 Å². The lowest BCUT2D eigenvalue weighted by Gasteiger charge is -2.34. The predicted octanol–water partition coefficient (Wildman–Crippen LogP) is 1.78. The molecule has 1 aromatic heterocycles. The molecule has 0 unspecified atom stereocenters. The number of carbonyl (C=O) groups excluding carboxylic acids is 1. The highest BCUT2D eigenvalue weighted by Gasteiger charge is 2.29. The van der Waals surface area contributed by atoms with Crippen molar-refractivity contribution in [1.82, 2.24) is 5.32 Å². The van der Waals surface area contributed by atoms with E-state index in [1.54, 1.807) is 6.07 Å². The molecule has 1 saturated heterocycles. The fraction of sp³-hybridized carbons (Fsp3) is 0.533. The molecule has 1 aliphatic heterocycles. The lowest BCUT2D eigenvalue weighted by molar-refractivity contribution is 0.0424. The number of rotatable bonds is 3. The molecular formula is C15H19NO3S. The van der Waals surface area contributed by atoms with Crippen molar-refractivity contribution in [3.63, 3.8) is 0 Å².